The van der Waals surface area contributed by atoms with Crippen LogP contribution < -0.4 is 5.32 Å². The summed E-state index contributed by atoms with van der Waals surface area (Å²) in [5.74, 6) is 0.968. The molecule has 0 spiro atoms. The van der Waals surface area contributed by atoms with E-state index in [0.29, 0.717) is 5.82 Å². The fourth-order valence-electron chi connectivity index (χ4n) is 2.77. The van der Waals surface area contributed by atoms with Gasteiger partial charge in [0.1, 0.15) is 5.82 Å². The van der Waals surface area contributed by atoms with E-state index in [1.54, 1.807) is 0 Å². The van der Waals surface area contributed by atoms with Gasteiger partial charge in [-0.1, -0.05) is 12.5 Å². The van der Waals surface area contributed by atoms with Crippen LogP contribution in [0.2, 0.25) is 0 Å². The van der Waals surface area contributed by atoms with Crippen LogP contribution in [-0.2, 0) is 25.7 Å². The molecule has 1 N–H and O–H groups in total. The number of benzene rings is 1. The number of hydrogen-bond acceptors (Lipinski definition) is 3. The number of aryl methyl sites for hydroxylation is 1. The van der Waals surface area contributed by atoms with Crippen LogP contribution in [0.25, 0.3) is 0 Å². The molecular weight excluding hydrogens is 321 g/mol. The van der Waals surface area contributed by atoms with Crippen LogP contribution in [0.5, 0.6) is 0 Å². The molecule has 3 rings (SSSR count). The number of alkyl halides is 3. The molecule has 1 aromatic heterocycles. The minimum Gasteiger partial charge on any atom is -0.345 e. The van der Waals surface area contributed by atoms with Gasteiger partial charge < -0.3 is 9.88 Å². The molecule has 24 heavy (non-hydrogen) atoms. The normalized spacial score (nSPS) is 14.8. The van der Waals surface area contributed by atoms with Gasteiger partial charge in [-0.2, -0.15) is 13.2 Å². The monoisotopic (exact) mass is 338 g/mol. The van der Waals surface area contributed by atoms with E-state index >= 15 is 0 Å². The summed E-state index contributed by atoms with van der Waals surface area (Å²) in [6.07, 6.45) is -0.400. The highest BCUT2D eigenvalue weighted by molar-refractivity contribution is 5.94. The lowest BCUT2D eigenvalue weighted by Crippen LogP contribution is -2.25. The number of halogens is 3. The quantitative estimate of drug-likeness (QED) is 0.936. The standard InChI is InChI=1S/C16H17F3N4O/c17-16(18,19)12-6-4-5-11(9-12)15(24)20-10-14-22-21-13-7-2-1-3-8-23(13)14/h4-6,9H,1-3,7-8,10H2,(H,20,24). The van der Waals surface area contributed by atoms with Crippen LogP contribution in [0, 0.1) is 0 Å². The number of rotatable bonds is 3. The van der Waals surface area contributed by atoms with Crippen LogP contribution in [0.4, 0.5) is 13.2 Å². The first-order valence-electron chi connectivity index (χ1n) is 7.81. The largest absolute Gasteiger partial charge is 0.416 e. The van der Waals surface area contributed by atoms with Crippen molar-refractivity contribution in [2.45, 2.75) is 44.9 Å². The Morgan fingerprint density at radius 2 is 2.04 bits per heavy atom. The van der Waals surface area contributed by atoms with Crippen molar-refractivity contribution >= 4 is 5.91 Å². The number of fused-ring (bicyclic) bond motifs is 1. The van der Waals surface area contributed by atoms with Crippen molar-refractivity contribution in [1.82, 2.24) is 20.1 Å². The van der Waals surface area contributed by atoms with E-state index in [0.717, 1.165) is 50.2 Å². The number of carbonyl (C=O) groups is 1. The van der Waals surface area contributed by atoms with Crippen LogP contribution in [-0.4, -0.2) is 20.7 Å². The number of amides is 1. The molecule has 0 atom stereocenters. The minimum absolute atomic E-state index is 0.0274. The lowest BCUT2D eigenvalue weighted by atomic mass is 10.1. The summed E-state index contributed by atoms with van der Waals surface area (Å²) in [4.78, 5) is 12.1. The summed E-state index contributed by atoms with van der Waals surface area (Å²) >= 11 is 0. The molecule has 8 heteroatoms. The second kappa shape index (κ2) is 6.62. The van der Waals surface area contributed by atoms with E-state index in [9.17, 15) is 18.0 Å². The first-order chi connectivity index (χ1) is 11.4. The second-order valence-electron chi connectivity index (χ2n) is 5.76. The number of hydrogen-bond donors (Lipinski definition) is 1. The average molecular weight is 338 g/mol. The number of aromatic nitrogens is 3. The van der Waals surface area contributed by atoms with Gasteiger partial charge in [0.25, 0.3) is 5.91 Å². The summed E-state index contributed by atoms with van der Waals surface area (Å²) in [7, 11) is 0. The topological polar surface area (TPSA) is 59.8 Å². The van der Waals surface area contributed by atoms with Crippen molar-refractivity contribution in [2.24, 2.45) is 0 Å². The van der Waals surface area contributed by atoms with Crippen LogP contribution >= 0.6 is 0 Å². The van der Waals surface area contributed by atoms with Gasteiger partial charge in [-0.25, -0.2) is 0 Å². The van der Waals surface area contributed by atoms with Gasteiger partial charge in [0.05, 0.1) is 12.1 Å². The zero-order chi connectivity index (χ0) is 17.2. The van der Waals surface area contributed by atoms with Crippen LogP contribution in [0.1, 0.15) is 46.8 Å². The Kier molecular flexibility index (Phi) is 4.55. The van der Waals surface area contributed by atoms with Crippen molar-refractivity contribution in [3.63, 3.8) is 0 Å². The lowest BCUT2D eigenvalue weighted by molar-refractivity contribution is -0.137. The fraction of sp³-hybridized carbons (Fsp3) is 0.438. The minimum atomic E-state index is -4.47. The predicted octanol–water partition coefficient (Wildman–Crippen LogP) is 2.95. The Morgan fingerprint density at radius 1 is 1.21 bits per heavy atom. The van der Waals surface area contributed by atoms with E-state index in [1.165, 1.54) is 12.1 Å². The molecule has 2 aromatic rings. The Balaban J connectivity index is 1.69. The van der Waals surface area contributed by atoms with E-state index in [4.69, 9.17) is 0 Å². The molecule has 2 heterocycles. The van der Waals surface area contributed by atoms with Crippen LogP contribution in [0.3, 0.4) is 0 Å². The molecule has 128 valence electrons. The maximum Gasteiger partial charge on any atom is 0.416 e. The Labute approximate surface area is 136 Å². The van der Waals surface area contributed by atoms with Crippen LogP contribution in [0.15, 0.2) is 24.3 Å². The summed E-state index contributed by atoms with van der Waals surface area (Å²) in [6.45, 7) is 0.944. The summed E-state index contributed by atoms with van der Waals surface area (Å²) in [5, 5.41) is 10.8. The molecule has 1 aromatic carbocycles. The highest BCUT2D eigenvalue weighted by atomic mass is 19.4. The molecule has 1 aliphatic rings. The highest BCUT2D eigenvalue weighted by Crippen LogP contribution is 2.29. The molecule has 0 aliphatic carbocycles. The predicted molar refractivity (Wildman–Crippen MR) is 80.2 cm³/mol. The van der Waals surface area contributed by atoms with Crippen molar-refractivity contribution in [2.75, 3.05) is 0 Å². The molecule has 5 nitrogen and oxygen atoms in total. The van der Waals surface area contributed by atoms with E-state index < -0.39 is 17.6 Å². The third-order valence-corrected chi connectivity index (χ3v) is 4.05. The highest BCUT2D eigenvalue weighted by Gasteiger charge is 2.30. The smallest absolute Gasteiger partial charge is 0.345 e. The molecule has 0 unspecified atom stereocenters. The molecule has 0 fully saturated rings. The number of carbonyl (C=O) groups excluding carboxylic acids is 1. The Hall–Kier alpha value is -2.38. The molecular formula is C16H17F3N4O. The molecule has 1 amide bonds. The van der Waals surface area contributed by atoms with Crippen molar-refractivity contribution in [3.8, 4) is 0 Å². The Morgan fingerprint density at radius 3 is 2.83 bits per heavy atom. The van der Waals surface area contributed by atoms with Gasteiger partial charge >= 0.3 is 6.18 Å². The van der Waals surface area contributed by atoms with Crippen molar-refractivity contribution in [3.05, 3.63) is 47.0 Å². The second-order valence-corrected chi connectivity index (χ2v) is 5.76. The van der Waals surface area contributed by atoms with Gasteiger partial charge in [-0.15, -0.1) is 10.2 Å². The van der Waals surface area contributed by atoms with E-state index in [2.05, 4.69) is 15.5 Å². The van der Waals surface area contributed by atoms with Crippen molar-refractivity contribution in [1.29, 1.82) is 0 Å². The van der Waals surface area contributed by atoms with Gasteiger partial charge in [-0.3, -0.25) is 4.79 Å². The zero-order valence-corrected chi connectivity index (χ0v) is 12.9. The molecule has 0 radical (unpaired) electrons. The maximum atomic E-state index is 12.7. The molecule has 1 aliphatic heterocycles. The number of nitrogens with one attached hydrogen (secondary N) is 1. The molecule has 0 saturated heterocycles. The average Bonchev–Trinajstić information content (AvgIpc) is 2.78. The van der Waals surface area contributed by atoms with Gasteiger partial charge in [0.15, 0.2) is 5.82 Å². The summed E-state index contributed by atoms with van der Waals surface area (Å²) in [6, 6.07) is 4.37. The lowest BCUT2D eigenvalue weighted by Gasteiger charge is -2.10. The van der Waals surface area contributed by atoms with E-state index in [1.807, 2.05) is 4.57 Å². The maximum absolute atomic E-state index is 12.7. The first kappa shape index (κ1) is 16.5. The Bertz CT molecular complexity index is 739. The van der Waals surface area contributed by atoms with Gasteiger partial charge in [0.2, 0.25) is 0 Å². The first-order valence-corrected chi connectivity index (χ1v) is 7.81. The fourth-order valence-corrected chi connectivity index (χ4v) is 2.77. The van der Waals surface area contributed by atoms with E-state index in [-0.39, 0.29) is 12.1 Å². The zero-order valence-electron chi connectivity index (χ0n) is 12.9. The van der Waals surface area contributed by atoms with Gasteiger partial charge in [0, 0.05) is 18.5 Å². The van der Waals surface area contributed by atoms with Crippen molar-refractivity contribution < 1.29 is 18.0 Å². The number of nitrogens with zero attached hydrogens (tertiary/aromatic N) is 3. The SMILES string of the molecule is O=C(NCc1nnc2n1CCCCC2)c1cccc(C(F)(F)F)c1. The van der Waals surface area contributed by atoms with Gasteiger partial charge in [-0.05, 0) is 31.0 Å². The summed E-state index contributed by atoms with van der Waals surface area (Å²) < 4.78 is 40.1. The third-order valence-electron chi connectivity index (χ3n) is 4.05. The summed E-state index contributed by atoms with van der Waals surface area (Å²) in [5.41, 5.74) is -0.869. The third kappa shape index (κ3) is 3.58. The molecule has 0 bridgehead atoms. The molecule has 0 saturated carbocycles.